The number of azide groups is 1. The molecule has 23 heteroatoms. The van der Waals surface area contributed by atoms with Crippen LogP contribution in [0.4, 0.5) is 0 Å². The summed E-state index contributed by atoms with van der Waals surface area (Å²) in [5.41, 5.74) is 14.0. The van der Waals surface area contributed by atoms with Crippen LogP contribution in [0.2, 0.25) is 0 Å². The van der Waals surface area contributed by atoms with E-state index in [-0.39, 0.29) is 11.7 Å². The van der Waals surface area contributed by atoms with Gasteiger partial charge in [-0.1, -0.05) is 11.7 Å². The first-order valence-corrected chi connectivity index (χ1v) is 14.1. The molecule has 0 spiro atoms. The summed E-state index contributed by atoms with van der Waals surface area (Å²) in [7, 11) is -5.54. The number of nitrogens with zero attached hydrogens (tertiary/aromatic N) is 5. The number of amidine groups is 1. The van der Waals surface area contributed by atoms with Gasteiger partial charge >= 0.3 is 13.8 Å². The maximum Gasteiger partial charge on any atom is 0.475 e. The average molecular weight is 653 g/mol. The number of carboxylic acids is 1. The van der Waals surface area contributed by atoms with Gasteiger partial charge in [-0.3, -0.25) is 9.32 Å². The molecule has 22 nitrogen and oxygen atoms in total. The number of carbonyl (C=O) groups excluding carboxylic acids is 1. The maximum absolute atomic E-state index is 12.9. The molecule has 0 saturated carbocycles. The van der Waals surface area contributed by atoms with Crippen molar-refractivity contribution in [3.05, 3.63) is 35.1 Å². The molecule has 11 atom stereocenters. The van der Waals surface area contributed by atoms with Crippen molar-refractivity contribution in [3.8, 4) is 0 Å². The lowest BCUT2D eigenvalue weighted by Gasteiger charge is -2.46. The van der Waals surface area contributed by atoms with Crippen molar-refractivity contribution in [3.63, 3.8) is 0 Å². The molecule has 0 bridgehead atoms. The number of hydrogen-bond acceptors (Lipinski definition) is 17. The maximum atomic E-state index is 12.9. The number of carbonyl (C=O) groups is 2. The monoisotopic (exact) mass is 653 g/mol. The Hall–Kier alpha value is -3.21. The van der Waals surface area contributed by atoms with Crippen molar-refractivity contribution in [2.24, 2.45) is 15.8 Å². The van der Waals surface area contributed by atoms with Crippen molar-refractivity contribution in [1.29, 1.82) is 0 Å². The van der Waals surface area contributed by atoms with Gasteiger partial charge in [-0.25, -0.2) is 18.9 Å². The quantitative estimate of drug-likeness (QED) is 0.0388. The second-order valence-electron chi connectivity index (χ2n) is 9.71. The normalized spacial score (nSPS) is 34.8. The average Bonchev–Trinajstić information content (AvgIpc) is 3.23. The standard InChI is InChI=1S/C21H32N7O15P/c1-8-25-12(22)2-3-28(8)19-17(35)16(34)11(41-19)7-40-44(38,39)43-21(20(36)37)4-9(30)14(26-13(32)5-24-27-23)18(42-21)15(33)10(31)6-29/h2-3,9-11,14-19,29-31,33-35H,1,4-7H2,(H2,22,25)(H,26,32)(H,36,37)(H,38,39)/t9?,10-,11-,14?,15-,16+,17?,18?,19-,21?/m1/s1. The first-order chi connectivity index (χ1) is 20.6. The van der Waals surface area contributed by atoms with Gasteiger partial charge in [0.25, 0.3) is 5.79 Å². The third kappa shape index (κ3) is 7.89. The molecule has 1 amide bonds. The van der Waals surface area contributed by atoms with Crippen LogP contribution in [0.25, 0.3) is 10.4 Å². The summed E-state index contributed by atoms with van der Waals surface area (Å²) in [6, 6.07) is -1.72. The highest BCUT2D eigenvalue weighted by molar-refractivity contribution is 7.47. The molecule has 3 rings (SSSR count). The van der Waals surface area contributed by atoms with E-state index in [1.807, 2.05) is 0 Å². The highest BCUT2D eigenvalue weighted by atomic mass is 31.2. The number of phosphoric acid groups is 1. The number of aliphatic carboxylic acids is 1. The molecule has 3 aliphatic rings. The zero-order valence-electron chi connectivity index (χ0n) is 22.6. The minimum absolute atomic E-state index is 0.0331. The van der Waals surface area contributed by atoms with Crippen molar-refractivity contribution in [2.75, 3.05) is 19.8 Å². The van der Waals surface area contributed by atoms with Crippen LogP contribution in [0.5, 0.6) is 0 Å². The fraction of sp³-hybridized carbons (Fsp3) is 0.667. The van der Waals surface area contributed by atoms with E-state index in [2.05, 4.69) is 26.9 Å². The van der Waals surface area contributed by atoms with Gasteiger partial charge in [0.05, 0.1) is 25.4 Å². The third-order valence-corrected chi connectivity index (χ3v) is 7.66. The number of aliphatic hydroxyl groups excluding tert-OH is 6. The molecule has 0 aliphatic carbocycles. The van der Waals surface area contributed by atoms with Crippen molar-refractivity contribution < 1.29 is 73.3 Å². The molecule has 11 N–H and O–H groups in total. The Morgan fingerprint density at radius 3 is 2.64 bits per heavy atom. The number of nitrogens with one attached hydrogen (secondary N) is 1. The SMILES string of the molecule is C=C1N=C(N)C=CN1[C@@H]1O[C@H](COP(=O)(O)OC2(C(=O)O)CC(O)C(NC(=O)CN=[N+]=[N-])C([C@H](O)[C@H](O)CO)O2)[C@H](O)C1O. The van der Waals surface area contributed by atoms with E-state index in [1.165, 1.54) is 17.2 Å². The minimum Gasteiger partial charge on any atom is -0.477 e. The predicted molar refractivity (Wildman–Crippen MR) is 140 cm³/mol. The topological polar surface area (TPSA) is 352 Å². The van der Waals surface area contributed by atoms with Crippen LogP contribution in [-0.2, 0) is 32.7 Å². The molecule has 0 aromatic heterocycles. The summed E-state index contributed by atoms with van der Waals surface area (Å²) >= 11 is 0. The van der Waals surface area contributed by atoms with Crippen LogP contribution in [0.15, 0.2) is 34.8 Å². The van der Waals surface area contributed by atoms with Gasteiger partial charge in [-0.05, 0) is 11.6 Å². The van der Waals surface area contributed by atoms with Crippen LogP contribution in [-0.4, -0.2) is 144 Å². The molecule has 3 aliphatic heterocycles. The van der Waals surface area contributed by atoms with Crippen molar-refractivity contribution in [1.82, 2.24) is 10.2 Å². The molecule has 2 fully saturated rings. The number of carboxylic acid groups (broad SMARTS) is 1. The molecule has 6 unspecified atom stereocenters. The van der Waals surface area contributed by atoms with Gasteiger partial charge in [0.2, 0.25) is 5.91 Å². The van der Waals surface area contributed by atoms with Gasteiger partial charge in [0.1, 0.15) is 54.8 Å². The Labute approximate surface area is 247 Å². The molecule has 2 saturated heterocycles. The summed E-state index contributed by atoms with van der Waals surface area (Å²) in [5.74, 6) is -6.28. The second-order valence-corrected chi connectivity index (χ2v) is 11.1. The van der Waals surface area contributed by atoms with E-state index in [9.17, 15) is 54.8 Å². The number of rotatable bonds is 13. The van der Waals surface area contributed by atoms with Crippen molar-refractivity contribution in [2.45, 2.75) is 67.2 Å². The number of amides is 1. The van der Waals surface area contributed by atoms with Crippen LogP contribution < -0.4 is 11.1 Å². The Morgan fingerprint density at radius 1 is 1.36 bits per heavy atom. The van der Waals surface area contributed by atoms with E-state index in [0.717, 1.165) is 0 Å². The number of ether oxygens (including phenoxy) is 2. The summed E-state index contributed by atoms with van der Waals surface area (Å²) in [4.78, 5) is 42.3. The first kappa shape index (κ1) is 35.3. The van der Waals surface area contributed by atoms with E-state index in [4.69, 9.17) is 29.8 Å². The Morgan fingerprint density at radius 2 is 2.05 bits per heavy atom. The molecule has 246 valence electrons. The molecule has 44 heavy (non-hydrogen) atoms. The number of hydrogen-bond donors (Lipinski definition) is 10. The number of aliphatic hydroxyl groups is 6. The molecule has 3 heterocycles. The lowest BCUT2D eigenvalue weighted by Crippen LogP contribution is -2.68. The third-order valence-electron chi connectivity index (χ3n) is 6.66. The molecule has 0 aromatic rings. The van der Waals surface area contributed by atoms with Gasteiger partial charge in [0.15, 0.2) is 6.23 Å². The number of aliphatic imine (C=N–C) groups is 1. The number of phosphoric ester groups is 1. The van der Waals surface area contributed by atoms with E-state index >= 15 is 0 Å². The Bertz CT molecular complexity index is 1260. The minimum atomic E-state index is -5.54. The summed E-state index contributed by atoms with van der Waals surface area (Å²) < 4.78 is 33.3. The zero-order valence-corrected chi connectivity index (χ0v) is 23.5. The highest BCUT2D eigenvalue weighted by Crippen LogP contribution is 2.51. The van der Waals surface area contributed by atoms with Crippen LogP contribution >= 0.6 is 7.82 Å². The summed E-state index contributed by atoms with van der Waals surface area (Å²) in [6.07, 6.45) is -13.0. The van der Waals surface area contributed by atoms with Crippen molar-refractivity contribution >= 4 is 25.5 Å². The second kappa shape index (κ2) is 14.3. The van der Waals surface area contributed by atoms with Crippen LogP contribution in [0.3, 0.4) is 0 Å². The smallest absolute Gasteiger partial charge is 0.475 e. The summed E-state index contributed by atoms with van der Waals surface area (Å²) in [5, 5.41) is 76.4. The number of nitrogens with two attached hydrogens (primary N) is 1. The molecule has 0 aromatic carbocycles. The Kier molecular flexibility index (Phi) is 11.4. The predicted octanol–water partition coefficient (Wildman–Crippen LogP) is -4.34. The lowest BCUT2D eigenvalue weighted by molar-refractivity contribution is -0.289. The largest absolute Gasteiger partial charge is 0.477 e. The van der Waals surface area contributed by atoms with Crippen LogP contribution in [0, 0.1) is 0 Å². The fourth-order valence-corrected chi connectivity index (χ4v) is 5.46. The Balaban J connectivity index is 1.77. The van der Waals surface area contributed by atoms with Gasteiger partial charge in [-0.15, -0.1) is 0 Å². The van der Waals surface area contributed by atoms with E-state index < -0.39 is 107 Å². The van der Waals surface area contributed by atoms with E-state index in [0.29, 0.717) is 0 Å². The zero-order chi connectivity index (χ0) is 33.0. The van der Waals surface area contributed by atoms with Gasteiger partial charge in [0, 0.05) is 17.5 Å². The van der Waals surface area contributed by atoms with E-state index in [1.54, 1.807) is 0 Å². The molecule has 0 radical (unpaired) electrons. The molecular weight excluding hydrogens is 621 g/mol. The highest BCUT2D eigenvalue weighted by Gasteiger charge is 2.59. The first-order valence-electron chi connectivity index (χ1n) is 12.6. The van der Waals surface area contributed by atoms with Crippen LogP contribution in [0.1, 0.15) is 6.42 Å². The summed E-state index contributed by atoms with van der Waals surface area (Å²) in [6.45, 7) is 0.782. The van der Waals surface area contributed by atoms with Gasteiger partial charge in [-0.2, -0.15) is 0 Å². The molecular formula is C21H32N7O15P. The van der Waals surface area contributed by atoms with Gasteiger partial charge < -0.3 is 66.1 Å². The lowest BCUT2D eigenvalue weighted by atomic mass is 9.88. The fourth-order valence-electron chi connectivity index (χ4n) is 4.51.